The minimum atomic E-state index is -3.97. The van der Waals surface area contributed by atoms with Gasteiger partial charge in [-0.3, -0.25) is 9.10 Å². The second-order valence-corrected chi connectivity index (χ2v) is 9.45. The minimum absolute atomic E-state index is 0.102. The molecule has 0 saturated carbocycles. The van der Waals surface area contributed by atoms with E-state index in [1.807, 2.05) is 6.92 Å². The van der Waals surface area contributed by atoms with Gasteiger partial charge in [-0.2, -0.15) is 0 Å². The van der Waals surface area contributed by atoms with Gasteiger partial charge in [-0.05, 0) is 49.6 Å². The fourth-order valence-corrected chi connectivity index (χ4v) is 4.31. The van der Waals surface area contributed by atoms with Gasteiger partial charge in [-0.25, -0.2) is 8.42 Å². The van der Waals surface area contributed by atoms with E-state index >= 15 is 0 Å². The maximum atomic E-state index is 13.3. The Hall–Kier alpha value is -2.25. The molecule has 0 aliphatic carbocycles. The molecular formula is C21H27ClN2O4S. The average molecular weight is 439 g/mol. The van der Waals surface area contributed by atoms with Crippen molar-refractivity contribution in [1.29, 1.82) is 0 Å². The number of carbonyl (C=O) groups is 1. The van der Waals surface area contributed by atoms with Gasteiger partial charge in [-0.1, -0.05) is 43.1 Å². The summed E-state index contributed by atoms with van der Waals surface area (Å²) in [5.74, 6) is 0.473. The van der Waals surface area contributed by atoms with Crippen LogP contribution in [0.25, 0.3) is 0 Å². The molecule has 2 aromatic carbocycles. The molecule has 0 aliphatic heterocycles. The Labute approximate surface area is 177 Å². The van der Waals surface area contributed by atoms with Crippen LogP contribution in [0.15, 0.2) is 47.4 Å². The van der Waals surface area contributed by atoms with Gasteiger partial charge in [0.2, 0.25) is 5.91 Å². The highest BCUT2D eigenvalue weighted by Gasteiger charge is 2.27. The monoisotopic (exact) mass is 438 g/mol. The molecule has 0 saturated heterocycles. The molecule has 2 rings (SSSR count). The van der Waals surface area contributed by atoms with Gasteiger partial charge in [0, 0.05) is 6.54 Å². The van der Waals surface area contributed by atoms with E-state index in [2.05, 4.69) is 19.2 Å². The van der Waals surface area contributed by atoms with E-state index < -0.39 is 10.0 Å². The lowest BCUT2D eigenvalue weighted by Gasteiger charge is -2.24. The number of methoxy groups -OCH3 is 1. The Morgan fingerprint density at radius 3 is 2.38 bits per heavy atom. The third-order valence-corrected chi connectivity index (χ3v) is 6.45. The molecule has 0 fully saturated rings. The molecule has 0 unspecified atom stereocenters. The highest BCUT2D eigenvalue weighted by atomic mass is 35.5. The van der Waals surface area contributed by atoms with Crippen LogP contribution >= 0.6 is 11.6 Å². The summed E-state index contributed by atoms with van der Waals surface area (Å²) < 4.78 is 32.8. The van der Waals surface area contributed by atoms with Crippen molar-refractivity contribution in [2.75, 3.05) is 24.5 Å². The Balaban J connectivity index is 2.38. The highest BCUT2D eigenvalue weighted by Crippen LogP contribution is 2.31. The van der Waals surface area contributed by atoms with Crippen LogP contribution in [0.1, 0.15) is 25.8 Å². The van der Waals surface area contributed by atoms with Crippen molar-refractivity contribution in [2.45, 2.75) is 32.1 Å². The Bertz CT molecular complexity index is 944. The molecule has 0 aliphatic rings. The number of carbonyl (C=O) groups excluding carboxylic acids is 1. The van der Waals surface area contributed by atoms with Gasteiger partial charge in [0.05, 0.1) is 22.7 Å². The number of halogens is 1. The van der Waals surface area contributed by atoms with Gasteiger partial charge >= 0.3 is 0 Å². The number of hydrogen-bond acceptors (Lipinski definition) is 4. The fourth-order valence-electron chi connectivity index (χ4n) is 2.65. The SMILES string of the molecule is COc1ccc(N(CC(=O)NCCC(C)C)S(=O)(=O)c2ccc(C)cc2)cc1Cl. The first-order valence-corrected chi connectivity index (χ1v) is 11.2. The van der Waals surface area contributed by atoms with E-state index in [1.165, 1.54) is 25.3 Å². The summed E-state index contributed by atoms with van der Waals surface area (Å²) in [5, 5.41) is 3.04. The number of anilines is 1. The van der Waals surface area contributed by atoms with Gasteiger partial charge in [-0.15, -0.1) is 0 Å². The van der Waals surface area contributed by atoms with Crippen LogP contribution in [-0.4, -0.2) is 34.5 Å². The Morgan fingerprint density at radius 2 is 1.83 bits per heavy atom. The summed E-state index contributed by atoms with van der Waals surface area (Å²) in [6.07, 6.45) is 0.810. The summed E-state index contributed by atoms with van der Waals surface area (Å²) in [7, 11) is -2.49. The van der Waals surface area contributed by atoms with Gasteiger partial charge in [0.25, 0.3) is 10.0 Å². The molecular weight excluding hydrogens is 412 g/mol. The summed E-state index contributed by atoms with van der Waals surface area (Å²) in [5.41, 5.74) is 1.23. The quantitative estimate of drug-likeness (QED) is 0.641. The van der Waals surface area contributed by atoms with Crippen LogP contribution in [-0.2, 0) is 14.8 Å². The zero-order chi connectivity index (χ0) is 21.6. The molecule has 0 aromatic heterocycles. The van der Waals surface area contributed by atoms with Crippen molar-refractivity contribution in [1.82, 2.24) is 5.32 Å². The van der Waals surface area contributed by atoms with E-state index in [1.54, 1.807) is 24.3 Å². The lowest BCUT2D eigenvalue weighted by molar-refractivity contribution is -0.119. The molecule has 0 radical (unpaired) electrons. The third kappa shape index (κ3) is 6.11. The molecule has 0 atom stereocenters. The molecule has 29 heavy (non-hydrogen) atoms. The van der Waals surface area contributed by atoms with Crippen LogP contribution in [0.2, 0.25) is 5.02 Å². The third-order valence-electron chi connectivity index (χ3n) is 4.36. The standard InChI is InChI=1S/C21H27ClN2O4S/c1-15(2)11-12-23-21(25)14-24(17-7-10-20(28-4)19(22)13-17)29(26,27)18-8-5-16(3)6-9-18/h5-10,13,15H,11-12,14H2,1-4H3,(H,23,25). The van der Waals surface area contributed by atoms with E-state index in [-0.39, 0.29) is 28.1 Å². The molecule has 8 heteroatoms. The molecule has 6 nitrogen and oxygen atoms in total. The Morgan fingerprint density at radius 1 is 1.17 bits per heavy atom. The molecule has 2 aromatic rings. The minimum Gasteiger partial charge on any atom is -0.495 e. The normalized spacial score (nSPS) is 11.4. The van der Waals surface area contributed by atoms with E-state index in [9.17, 15) is 13.2 Å². The second kappa shape index (κ2) is 9.98. The smallest absolute Gasteiger partial charge is 0.264 e. The van der Waals surface area contributed by atoms with Gasteiger partial charge in [0.1, 0.15) is 12.3 Å². The Kier molecular flexibility index (Phi) is 7.93. The zero-order valence-corrected chi connectivity index (χ0v) is 18.7. The van der Waals surface area contributed by atoms with Crippen LogP contribution in [0.3, 0.4) is 0 Å². The van der Waals surface area contributed by atoms with Crippen LogP contribution < -0.4 is 14.4 Å². The number of aryl methyl sites for hydroxylation is 1. The first kappa shape index (κ1) is 23.0. The number of nitrogens with one attached hydrogen (secondary N) is 1. The lowest BCUT2D eigenvalue weighted by Crippen LogP contribution is -2.41. The number of rotatable bonds is 9. The van der Waals surface area contributed by atoms with Crippen LogP contribution in [0.4, 0.5) is 5.69 Å². The molecule has 1 amide bonds. The van der Waals surface area contributed by atoms with E-state index in [0.29, 0.717) is 18.2 Å². The number of benzene rings is 2. The summed E-state index contributed by atoms with van der Waals surface area (Å²) in [6, 6.07) is 11.1. The van der Waals surface area contributed by atoms with Crippen molar-refractivity contribution in [3.63, 3.8) is 0 Å². The lowest BCUT2D eigenvalue weighted by atomic mass is 10.1. The summed E-state index contributed by atoms with van der Waals surface area (Å²) in [6.45, 7) is 6.12. The molecule has 0 spiro atoms. The fraction of sp³-hybridized carbons (Fsp3) is 0.381. The summed E-state index contributed by atoms with van der Waals surface area (Å²) >= 11 is 6.20. The molecule has 1 N–H and O–H groups in total. The van der Waals surface area contributed by atoms with Gasteiger partial charge < -0.3 is 10.1 Å². The maximum Gasteiger partial charge on any atom is 0.264 e. The molecule has 0 heterocycles. The van der Waals surface area contributed by atoms with Crippen molar-refractivity contribution in [3.8, 4) is 5.75 Å². The second-order valence-electron chi connectivity index (χ2n) is 7.18. The average Bonchev–Trinajstić information content (AvgIpc) is 2.66. The topological polar surface area (TPSA) is 75.7 Å². The van der Waals surface area contributed by atoms with Crippen molar-refractivity contribution >= 4 is 33.2 Å². The largest absolute Gasteiger partial charge is 0.495 e. The first-order valence-electron chi connectivity index (χ1n) is 9.34. The first-order chi connectivity index (χ1) is 13.6. The van der Waals surface area contributed by atoms with Crippen molar-refractivity contribution in [3.05, 3.63) is 53.1 Å². The number of amides is 1. The predicted octanol–water partition coefficient (Wildman–Crippen LogP) is 4.01. The number of ether oxygens (including phenoxy) is 1. The predicted molar refractivity (Wildman–Crippen MR) is 116 cm³/mol. The van der Waals surface area contributed by atoms with E-state index in [4.69, 9.17) is 16.3 Å². The number of sulfonamides is 1. The van der Waals surface area contributed by atoms with Crippen molar-refractivity contribution in [2.24, 2.45) is 5.92 Å². The maximum absolute atomic E-state index is 13.3. The van der Waals surface area contributed by atoms with Gasteiger partial charge in [0.15, 0.2) is 0 Å². The van der Waals surface area contributed by atoms with Crippen molar-refractivity contribution < 1.29 is 17.9 Å². The molecule has 0 bridgehead atoms. The van der Waals surface area contributed by atoms with E-state index in [0.717, 1.165) is 16.3 Å². The highest BCUT2D eigenvalue weighted by molar-refractivity contribution is 7.92. The van der Waals surface area contributed by atoms with Crippen LogP contribution in [0, 0.1) is 12.8 Å². The van der Waals surface area contributed by atoms with Crippen LogP contribution in [0.5, 0.6) is 5.75 Å². The number of nitrogens with zero attached hydrogens (tertiary/aromatic N) is 1. The molecule has 158 valence electrons. The number of hydrogen-bond donors (Lipinski definition) is 1. The summed E-state index contributed by atoms with van der Waals surface area (Å²) in [4.78, 5) is 12.6. The zero-order valence-electron chi connectivity index (χ0n) is 17.1.